The molecule has 1 heterocycles. The summed E-state index contributed by atoms with van der Waals surface area (Å²) in [6, 6.07) is 20.8. The summed E-state index contributed by atoms with van der Waals surface area (Å²) in [5.74, 6) is -0.237. The fraction of sp³-hybridized carbons (Fsp3) is 0.0526. The molecule has 1 N–H and O–H groups in total. The minimum Gasteiger partial charge on any atom is -0.489 e. The predicted octanol–water partition coefficient (Wildman–Crippen LogP) is 4.03. The van der Waals surface area contributed by atoms with Crippen LogP contribution in [0, 0.1) is 0 Å². The minimum absolute atomic E-state index is 0.172. The van der Waals surface area contributed by atoms with E-state index < -0.39 is 5.97 Å². The number of hydrogen-bond acceptors (Lipinski definition) is 3. The highest BCUT2D eigenvalue weighted by molar-refractivity contribution is 5.87. The molecule has 0 saturated carbocycles. The topological polar surface area (TPSA) is 59.4 Å². The van der Waals surface area contributed by atoms with E-state index in [-0.39, 0.29) is 5.56 Å². The van der Waals surface area contributed by atoms with Gasteiger partial charge in [-0.25, -0.2) is 4.79 Å². The van der Waals surface area contributed by atoms with Gasteiger partial charge in [0.1, 0.15) is 12.4 Å². The molecular formula is C19H15NO3. The van der Waals surface area contributed by atoms with Crippen LogP contribution in [0.2, 0.25) is 0 Å². The van der Waals surface area contributed by atoms with Crippen LogP contribution >= 0.6 is 0 Å². The van der Waals surface area contributed by atoms with Crippen LogP contribution in [0.15, 0.2) is 72.9 Å². The lowest BCUT2D eigenvalue weighted by molar-refractivity contribution is 0.0696. The summed E-state index contributed by atoms with van der Waals surface area (Å²) in [6.45, 7) is 0.496. The molecule has 3 aromatic rings. The molecule has 0 aliphatic rings. The molecule has 4 heteroatoms. The molecule has 0 saturated heterocycles. The number of benzene rings is 2. The van der Waals surface area contributed by atoms with Crippen LogP contribution in [0.3, 0.4) is 0 Å². The quantitative estimate of drug-likeness (QED) is 0.773. The van der Waals surface area contributed by atoms with Crippen LogP contribution in [0.4, 0.5) is 0 Å². The zero-order valence-electron chi connectivity index (χ0n) is 12.3. The number of pyridine rings is 1. The van der Waals surface area contributed by atoms with Crippen molar-refractivity contribution in [2.75, 3.05) is 0 Å². The standard InChI is InChI=1S/C19H15NO3/c21-19(22)16-9-10-18(20-12-16)15-7-4-8-17(11-15)23-13-14-5-2-1-3-6-14/h1-12H,13H2,(H,21,22). The summed E-state index contributed by atoms with van der Waals surface area (Å²) >= 11 is 0. The average Bonchev–Trinajstić information content (AvgIpc) is 2.61. The van der Waals surface area contributed by atoms with Gasteiger partial charge in [0.25, 0.3) is 0 Å². The lowest BCUT2D eigenvalue weighted by atomic mass is 10.1. The second-order valence-corrected chi connectivity index (χ2v) is 5.04. The summed E-state index contributed by atoms with van der Waals surface area (Å²) in [4.78, 5) is 15.1. The number of rotatable bonds is 5. The molecule has 2 aromatic carbocycles. The van der Waals surface area contributed by atoms with Crippen molar-refractivity contribution in [3.63, 3.8) is 0 Å². The van der Waals surface area contributed by atoms with E-state index >= 15 is 0 Å². The van der Waals surface area contributed by atoms with Crippen molar-refractivity contribution in [2.24, 2.45) is 0 Å². The first-order valence-corrected chi connectivity index (χ1v) is 7.19. The maximum absolute atomic E-state index is 10.9. The molecular weight excluding hydrogens is 290 g/mol. The van der Waals surface area contributed by atoms with Crippen molar-refractivity contribution in [3.8, 4) is 17.0 Å². The zero-order valence-corrected chi connectivity index (χ0v) is 12.3. The number of carbonyl (C=O) groups is 1. The Hall–Kier alpha value is -3.14. The summed E-state index contributed by atoms with van der Waals surface area (Å²) in [5.41, 5.74) is 2.86. The lowest BCUT2D eigenvalue weighted by Gasteiger charge is -2.08. The van der Waals surface area contributed by atoms with E-state index in [2.05, 4.69) is 4.98 Å². The Bertz CT molecular complexity index is 798. The van der Waals surface area contributed by atoms with Crippen LogP contribution in [-0.4, -0.2) is 16.1 Å². The van der Waals surface area contributed by atoms with Crippen LogP contribution in [-0.2, 0) is 6.61 Å². The second kappa shape index (κ2) is 6.75. The lowest BCUT2D eigenvalue weighted by Crippen LogP contribution is -1.97. The largest absolute Gasteiger partial charge is 0.489 e. The number of nitrogens with zero attached hydrogens (tertiary/aromatic N) is 1. The van der Waals surface area contributed by atoms with Gasteiger partial charge < -0.3 is 9.84 Å². The number of hydrogen-bond donors (Lipinski definition) is 1. The predicted molar refractivity (Wildman–Crippen MR) is 87.4 cm³/mol. The summed E-state index contributed by atoms with van der Waals surface area (Å²) < 4.78 is 5.79. The van der Waals surface area contributed by atoms with Gasteiger partial charge in [-0.05, 0) is 29.8 Å². The van der Waals surface area contributed by atoms with Gasteiger partial charge in [0.15, 0.2) is 0 Å². The molecule has 0 amide bonds. The Kier molecular flexibility index (Phi) is 4.34. The van der Waals surface area contributed by atoms with E-state index in [4.69, 9.17) is 9.84 Å². The number of carboxylic acid groups (broad SMARTS) is 1. The molecule has 23 heavy (non-hydrogen) atoms. The number of ether oxygens (including phenoxy) is 1. The molecule has 114 valence electrons. The van der Waals surface area contributed by atoms with Crippen molar-refractivity contribution in [2.45, 2.75) is 6.61 Å². The van der Waals surface area contributed by atoms with E-state index in [0.29, 0.717) is 12.3 Å². The van der Waals surface area contributed by atoms with E-state index in [1.807, 2.05) is 54.6 Å². The molecule has 0 atom stereocenters. The molecule has 0 aliphatic carbocycles. The molecule has 3 rings (SSSR count). The van der Waals surface area contributed by atoms with E-state index in [0.717, 1.165) is 16.9 Å². The Balaban J connectivity index is 1.75. The third kappa shape index (κ3) is 3.74. The Labute approximate surface area is 134 Å². The third-order valence-electron chi connectivity index (χ3n) is 3.39. The molecule has 0 aliphatic heterocycles. The van der Waals surface area contributed by atoms with Crippen molar-refractivity contribution < 1.29 is 14.6 Å². The van der Waals surface area contributed by atoms with Gasteiger partial charge in [0, 0.05) is 11.8 Å². The van der Waals surface area contributed by atoms with E-state index in [1.54, 1.807) is 12.1 Å². The van der Waals surface area contributed by atoms with Crippen molar-refractivity contribution in [1.82, 2.24) is 4.98 Å². The molecule has 4 nitrogen and oxygen atoms in total. The van der Waals surface area contributed by atoms with Crippen molar-refractivity contribution in [3.05, 3.63) is 84.1 Å². The Morgan fingerprint density at radius 2 is 1.83 bits per heavy atom. The monoisotopic (exact) mass is 305 g/mol. The van der Waals surface area contributed by atoms with Crippen LogP contribution in [0.5, 0.6) is 5.75 Å². The molecule has 0 unspecified atom stereocenters. The van der Waals surface area contributed by atoms with Gasteiger partial charge in [0.05, 0.1) is 11.3 Å². The smallest absolute Gasteiger partial charge is 0.337 e. The summed E-state index contributed by atoms with van der Waals surface area (Å²) in [5, 5.41) is 8.91. The van der Waals surface area contributed by atoms with Crippen LogP contribution in [0.25, 0.3) is 11.3 Å². The van der Waals surface area contributed by atoms with Gasteiger partial charge in [-0.1, -0.05) is 42.5 Å². The van der Waals surface area contributed by atoms with Gasteiger partial charge in [-0.15, -0.1) is 0 Å². The van der Waals surface area contributed by atoms with E-state index in [1.165, 1.54) is 6.20 Å². The first-order chi connectivity index (χ1) is 11.2. The molecule has 0 bridgehead atoms. The molecule has 1 aromatic heterocycles. The van der Waals surface area contributed by atoms with Crippen molar-refractivity contribution in [1.29, 1.82) is 0 Å². The first kappa shape index (κ1) is 14.8. The highest BCUT2D eigenvalue weighted by atomic mass is 16.5. The average molecular weight is 305 g/mol. The zero-order chi connectivity index (χ0) is 16.1. The van der Waals surface area contributed by atoms with Gasteiger partial charge in [-0.3, -0.25) is 4.98 Å². The summed E-state index contributed by atoms with van der Waals surface area (Å²) in [7, 11) is 0. The Morgan fingerprint density at radius 1 is 1.00 bits per heavy atom. The SMILES string of the molecule is O=C(O)c1ccc(-c2cccc(OCc3ccccc3)c2)nc1. The highest BCUT2D eigenvalue weighted by Gasteiger charge is 2.05. The van der Waals surface area contributed by atoms with Crippen LogP contribution in [0.1, 0.15) is 15.9 Å². The fourth-order valence-corrected chi connectivity index (χ4v) is 2.18. The maximum Gasteiger partial charge on any atom is 0.337 e. The normalized spacial score (nSPS) is 10.3. The number of carboxylic acids is 1. The number of aromatic nitrogens is 1. The van der Waals surface area contributed by atoms with E-state index in [9.17, 15) is 4.79 Å². The molecule has 0 radical (unpaired) electrons. The van der Waals surface area contributed by atoms with Gasteiger partial charge in [-0.2, -0.15) is 0 Å². The molecule has 0 spiro atoms. The second-order valence-electron chi connectivity index (χ2n) is 5.04. The van der Waals surface area contributed by atoms with Gasteiger partial charge in [0.2, 0.25) is 0 Å². The van der Waals surface area contributed by atoms with Crippen LogP contribution < -0.4 is 4.74 Å². The first-order valence-electron chi connectivity index (χ1n) is 7.19. The third-order valence-corrected chi connectivity index (χ3v) is 3.39. The highest BCUT2D eigenvalue weighted by Crippen LogP contribution is 2.23. The van der Waals surface area contributed by atoms with Crippen molar-refractivity contribution >= 4 is 5.97 Å². The maximum atomic E-state index is 10.9. The molecule has 0 fully saturated rings. The van der Waals surface area contributed by atoms with Gasteiger partial charge >= 0.3 is 5.97 Å². The fourth-order valence-electron chi connectivity index (χ4n) is 2.18. The number of aromatic carboxylic acids is 1. The Morgan fingerprint density at radius 3 is 2.52 bits per heavy atom. The minimum atomic E-state index is -0.982. The summed E-state index contributed by atoms with van der Waals surface area (Å²) in [6.07, 6.45) is 1.36.